The van der Waals surface area contributed by atoms with Crippen molar-refractivity contribution in [3.63, 3.8) is 0 Å². The quantitative estimate of drug-likeness (QED) is 0.633. The highest BCUT2D eigenvalue weighted by molar-refractivity contribution is 6.07. The predicted octanol–water partition coefficient (Wildman–Crippen LogP) is 1.10. The molecule has 2 atom stereocenters. The lowest BCUT2D eigenvalue weighted by molar-refractivity contribution is 0.0923. The molecule has 0 aromatic carbocycles. The Bertz CT molecular complexity index is 829. The van der Waals surface area contributed by atoms with E-state index in [1.165, 1.54) is 6.20 Å². The monoisotopic (exact) mass is 300 g/mol. The Labute approximate surface area is 125 Å². The maximum Gasteiger partial charge on any atom is 0.299 e. The van der Waals surface area contributed by atoms with Crippen molar-refractivity contribution in [3.05, 3.63) is 34.2 Å². The van der Waals surface area contributed by atoms with Crippen molar-refractivity contribution in [2.75, 3.05) is 5.32 Å². The minimum Gasteiger partial charge on any atom is -0.423 e. The molecule has 4 rings (SSSR count). The van der Waals surface area contributed by atoms with Gasteiger partial charge in [0.1, 0.15) is 5.56 Å². The lowest BCUT2D eigenvalue weighted by Gasteiger charge is -2.31. The normalized spacial score (nSPS) is 23.9. The molecule has 2 aliphatic rings. The van der Waals surface area contributed by atoms with Gasteiger partial charge in [-0.3, -0.25) is 9.59 Å². The Morgan fingerprint density at radius 3 is 2.68 bits per heavy atom. The Morgan fingerprint density at radius 2 is 1.91 bits per heavy atom. The SMILES string of the molecule is O=C1N[C@H]2CCCCC2Nc2c1c(=O)n(O)c1ncccc21. The summed E-state index contributed by atoms with van der Waals surface area (Å²) in [6.07, 6.45) is 5.48. The van der Waals surface area contributed by atoms with E-state index < -0.39 is 11.5 Å². The Balaban J connectivity index is 2.00. The number of amides is 1. The molecule has 3 heterocycles. The molecule has 1 amide bonds. The number of carbonyl (C=O) groups excluding carboxylic acids is 1. The highest BCUT2D eigenvalue weighted by atomic mass is 16.5. The van der Waals surface area contributed by atoms with Crippen molar-refractivity contribution < 1.29 is 10.0 Å². The number of fused-ring (bicyclic) bond motifs is 4. The molecule has 7 heteroatoms. The summed E-state index contributed by atoms with van der Waals surface area (Å²) in [7, 11) is 0. The molecule has 1 unspecified atom stereocenters. The average molecular weight is 300 g/mol. The average Bonchev–Trinajstić information content (AvgIpc) is 2.68. The summed E-state index contributed by atoms with van der Waals surface area (Å²) in [4.78, 5) is 28.9. The van der Waals surface area contributed by atoms with E-state index in [0.717, 1.165) is 25.7 Å². The highest BCUT2D eigenvalue weighted by Gasteiger charge is 2.34. The van der Waals surface area contributed by atoms with Crippen LogP contribution < -0.4 is 16.2 Å². The van der Waals surface area contributed by atoms with Crippen molar-refractivity contribution in [2.45, 2.75) is 37.8 Å². The van der Waals surface area contributed by atoms with Crippen LogP contribution in [0.1, 0.15) is 36.0 Å². The van der Waals surface area contributed by atoms with Gasteiger partial charge in [-0.2, -0.15) is 0 Å². The van der Waals surface area contributed by atoms with Gasteiger partial charge in [-0.1, -0.05) is 12.8 Å². The molecule has 114 valence electrons. The van der Waals surface area contributed by atoms with Crippen LogP contribution >= 0.6 is 0 Å². The zero-order valence-electron chi connectivity index (χ0n) is 11.9. The maximum atomic E-state index is 12.5. The van der Waals surface area contributed by atoms with E-state index in [1.807, 2.05) is 0 Å². The topological polar surface area (TPSA) is 96.2 Å². The summed E-state index contributed by atoms with van der Waals surface area (Å²) in [6.45, 7) is 0. The van der Waals surface area contributed by atoms with Crippen molar-refractivity contribution >= 4 is 22.6 Å². The standard InChI is InChI=1S/C15H16N4O3/c20-14-11-12(17-9-5-1-2-6-10(9)18-14)8-4-3-7-16-13(8)19(22)15(11)21/h3-4,7,9-10,17,22H,1-2,5-6H2,(H,18,20)/t9?,10-/m0/s1. The number of nitrogens with zero attached hydrogens (tertiary/aromatic N) is 2. The van der Waals surface area contributed by atoms with Gasteiger partial charge in [0, 0.05) is 23.7 Å². The molecule has 0 saturated heterocycles. The fourth-order valence-corrected chi connectivity index (χ4v) is 3.47. The fraction of sp³-hybridized carbons (Fsp3) is 0.400. The fourth-order valence-electron chi connectivity index (χ4n) is 3.47. The smallest absolute Gasteiger partial charge is 0.299 e. The third kappa shape index (κ3) is 1.78. The first-order valence-electron chi connectivity index (χ1n) is 7.47. The van der Waals surface area contributed by atoms with Gasteiger partial charge < -0.3 is 15.8 Å². The van der Waals surface area contributed by atoms with Gasteiger partial charge in [-0.25, -0.2) is 4.98 Å². The number of hydrogen-bond donors (Lipinski definition) is 3. The van der Waals surface area contributed by atoms with Gasteiger partial charge in [-0.15, -0.1) is 4.73 Å². The van der Waals surface area contributed by atoms with E-state index in [-0.39, 0.29) is 23.3 Å². The van der Waals surface area contributed by atoms with Crippen molar-refractivity contribution in [2.24, 2.45) is 0 Å². The molecule has 2 aromatic heterocycles. The zero-order chi connectivity index (χ0) is 15.3. The lowest BCUT2D eigenvalue weighted by Crippen LogP contribution is -2.46. The summed E-state index contributed by atoms with van der Waals surface area (Å²) < 4.78 is 0.449. The predicted molar refractivity (Wildman–Crippen MR) is 80.3 cm³/mol. The van der Waals surface area contributed by atoms with Crippen LogP contribution in [0, 0.1) is 0 Å². The van der Waals surface area contributed by atoms with Crippen molar-refractivity contribution in [3.8, 4) is 0 Å². The van der Waals surface area contributed by atoms with Crippen molar-refractivity contribution in [1.29, 1.82) is 0 Å². The molecule has 22 heavy (non-hydrogen) atoms. The second-order valence-electron chi connectivity index (χ2n) is 5.86. The van der Waals surface area contributed by atoms with E-state index in [4.69, 9.17) is 0 Å². The number of rotatable bonds is 0. The van der Waals surface area contributed by atoms with E-state index in [9.17, 15) is 14.8 Å². The van der Waals surface area contributed by atoms with Gasteiger partial charge in [0.05, 0.1) is 5.69 Å². The van der Waals surface area contributed by atoms with E-state index in [2.05, 4.69) is 15.6 Å². The lowest BCUT2D eigenvalue weighted by atomic mass is 9.90. The third-order valence-electron chi connectivity index (χ3n) is 4.55. The van der Waals surface area contributed by atoms with Crippen LogP contribution in [0.2, 0.25) is 0 Å². The molecule has 0 bridgehead atoms. The van der Waals surface area contributed by atoms with Gasteiger partial charge >= 0.3 is 0 Å². The Morgan fingerprint density at radius 1 is 1.18 bits per heavy atom. The molecule has 2 aromatic rings. The number of nitrogens with one attached hydrogen (secondary N) is 2. The Kier molecular flexibility index (Phi) is 2.82. The minimum atomic E-state index is -0.746. The molecular weight excluding hydrogens is 284 g/mol. The number of anilines is 1. The van der Waals surface area contributed by atoms with Crippen LogP contribution in [-0.4, -0.2) is 32.9 Å². The second-order valence-corrected chi connectivity index (χ2v) is 5.86. The van der Waals surface area contributed by atoms with Crippen LogP contribution in [0.4, 0.5) is 5.69 Å². The summed E-state index contributed by atoms with van der Waals surface area (Å²) in [6, 6.07) is 3.57. The van der Waals surface area contributed by atoms with Gasteiger partial charge in [0.25, 0.3) is 11.5 Å². The third-order valence-corrected chi connectivity index (χ3v) is 4.55. The number of carbonyl (C=O) groups is 1. The largest absolute Gasteiger partial charge is 0.423 e. The summed E-state index contributed by atoms with van der Waals surface area (Å²) >= 11 is 0. The van der Waals surface area contributed by atoms with Crippen LogP contribution in [0.3, 0.4) is 0 Å². The maximum absolute atomic E-state index is 12.5. The van der Waals surface area contributed by atoms with E-state index >= 15 is 0 Å². The Hall–Kier alpha value is -2.57. The van der Waals surface area contributed by atoms with Gasteiger partial charge in [0.15, 0.2) is 5.65 Å². The molecule has 7 nitrogen and oxygen atoms in total. The summed E-state index contributed by atoms with van der Waals surface area (Å²) in [5.74, 6) is -0.435. The number of aromatic nitrogens is 2. The molecule has 1 aliphatic carbocycles. The molecule has 0 radical (unpaired) electrons. The summed E-state index contributed by atoms with van der Waals surface area (Å²) in [5.41, 5.74) is -0.159. The van der Waals surface area contributed by atoms with Crippen molar-refractivity contribution in [1.82, 2.24) is 15.0 Å². The zero-order valence-corrected chi connectivity index (χ0v) is 11.9. The second kappa shape index (κ2) is 4.72. The molecule has 1 fully saturated rings. The summed E-state index contributed by atoms with van der Waals surface area (Å²) in [5, 5.41) is 16.9. The molecule has 3 N–H and O–H groups in total. The van der Waals surface area contributed by atoms with E-state index in [0.29, 0.717) is 15.8 Å². The highest BCUT2D eigenvalue weighted by Crippen LogP contribution is 2.30. The van der Waals surface area contributed by atoms with E-state index in [1.54, 1.807) is 12.1 Å². The van der Waals surface area contributed by atoms with Crippen LogP contribution in [0.5, 0.6) is 0 Å². The molecule has 0 spiro atoms. The first kappa shape index (κ1) is 13.1. The molecular formula is C15H16N4O3. The molecule has 1 aliphatic heterocycles. The minimum absolute atomic E-state index is 0.00640. The van der Waals surface area contributed by atoms with Crippen LogP contribution in [0.15, 0.2) is 23.1 Å². The number of pyridine rings is 2. The van der Waals surface area contributed by atoms with Crippen LogP contribution in [-0.2, 0) is 0 Å². The van der Waals surface area contributed by atoms with Gasteiger partial charge in [-0.05, 0) is 25.0 Å². The van der Waals surface area contributed by atoms with Crippen LogP contribution in [0.25, 0.3) is 11.0 Å². The molecule has 1 saturated carbocycles. The first-order valence-corrected chi connectivity index (χ1v) is 7.47. The number of hydrogen-bond acceptors (Lipinski definition) is 5. The van der Waals surface area contributed by atoms with Gasteiger partial charge in [0.2, 0.25) is 0 Å². The first-order chi connectivity index (χ1) is 10.7.